The Kier molecular flexibility index (Phi) is 4.29. The van der Waals surface area contributed by atoms with E-state index in [4.69, 9.17) is 11.6 Å². The number of piperazine rings is 1. The number of hydrogen-bond acceptors (Lipinski definition) is 3. The second-order valence-electron chi connectivity index (χ2n) is 5.43. The van der Waals surface area contributed by atoms with Gasteiger partial charge in [0.05, 0.1) is 16.3 Å². The first-order chi connectivity index (χ1) is 10.7. The molecule has 0 bridgehead atoms. The summed E-state index contributed by atoms with van der Waals surface area (Å²) in [5.74, 6) is 0.0450. The van der Waals surface area contributed by atoms with Gasteiger partial charge in [-0.2, -0.15) is 0 Å². The molecule has 0 unspecified atom stereocenters. The number of pyridine rings is 1. The van der Waals surface area contributed by atoms with E-state index in [0.717, 1.165) is 23.8 Å². The number of para-hydroxylation sites is 1. The predicted octanol–water partition coefficient (Wildman–Crippen LogP) is 3.01. The van der Waals surface area contributed by atoms with Crippen molar-refractivity contribution < 1.29 is 4.79 Å². The first-order valence-electron chi connectivity index (χ1n) is 7.36. The van der Waals surface area contributed by atoms with E-state index < -0.39 is 0 Å². The van der Waals surface area contributed by atoms with Gasteiger partial charge >= 0.3 is 0 Å². The summed E-state index contributed by atoms with van der Waals surface area (Å²) >= 11 is 6.33. The highest BCUT2D eigenvalue weighted by Gasteiger charge is 2.24. The molecule has 5 heteroatoms. The number of aromatic nitrogens is 1. The summed E-state index contributed by atoms with van der Waals surface area (Å²) in [7, 11) is 0. The van der Waals surface area contributed by atoms with Crippen LogP contribution in [0, 0.1) is 6.92 Å². The van der Waals surface area contributed by atoms with Gasteiger partial charge < -0.3 is 9.80 Å². The maximum absolute atomic E-state index is 12.4. The first-order valence-corrected chi connectivity index (χ1v) is 7.74. The highest BCUT2D eigenvalue weighted by molar-refractivity contribution is 6.33. The summed E-state index contributed by atoms with van der Waals surface area (Å²) in [4.78, 5) is 20.6. The van der Waals surface area contributed by atoms with Crippen LogP contribution in [-0.4, -0.2) is 42.0 Å². The molecular formula is C17H18ClN3O. The van der Waals surface area contributed by atoms with Gasteiger partial charge in [-0.1, -0.05) is 23.7 Å². The number of amides is 1. The van der Waals surface area contributed by atoms with E-state index in [0.29, 0.717) is 18.7 Å². The van der Waals surface area contributed by atoms with E-state index in [2.05, 4.69) is 22.9 Å². The Hall–Kier alpha value is -2.07. The van der Waals surface area contributed by atoms with Crippen LogP contribution in [0.4, 0.5) is 5.69 Å². The highest BCUT2D eigenvalue weighted by Crippen LogP contribution is 2.30. The lowest BCUT2D eigenvalue weighted by Crippen LogP contribution is -2.49. The molecule has 4 nitrogen and oxygen atoms in total. The molecule has 1 aromatic carbocycles. The fraction of sp³-hybridized carbons (Fsp3) is 0.294. The van der Waals surface area contributed by atoms with E-state index in [1.165, 1.54) is 5.56 Å². The van der Waals surface area contributed by atoms with Gasteiger partial charge in [0.2, 0.25) is 0 Å². The van der Waals surface area contributed by atoms with Crippen molar-refractivity contribution in [3.63, 3.8) is 0 Å². The second-order valence-corrected chi connectivity index (χ2v) is 5.83. The normalized spacial score (nSPS) is 15.0. The second kappa shape index (κ2) is 6.36. The van der Waals surface area contributed by atoms with Crippen LogP contribution in [0.1, 0.15) is 15.9 Å². The zero-order chi connectivity index (χ0) is 15.5. The lowest BCUT2D eigenvalue weighted by molar-refractivity contribution is 0.0746. The molecule has 2 aromatic rings. The number of aryl methyl sites for hydroxylation is 1. The van der Waals surface area contributed by atoms with E-state index in [9.17, 15) is 4.79 Å². The maximum atomic E-state index is 12.4. The van der Waals surface area contributed by atoms with Gasteiger partial charge in [-0.15, -0.1) is 0 Å². The zero-order valence-corrected chi connectivity index (χ0v) is 13.3. The van der Waals surface area contributed by atoms with Crippen molar-refractivity contribution in [1.29, 1.82) is 0 Å². The number of halogens is 1. The number of anilines is 1. The summed E-state index contributed by atoms with van der Waals surface area (Å²) < 4.78 is 0. The lowest BCUT2D eigenvalue weighted by atomic mass is 10.1. The SMILES string of the molecule is Cc1cccc(Cl)c1N1CCN(C(=O)c2cccnc2)CC1. The van der Waals surface area contributed by atoms with Crippen molar-refractivity contribution in [3.05, 3.63) is 58.9 Å². The molecule has 3 rings (SSSR count). The molecule has 114 valence electrons. The molecule has 1 aliphatic heterocycles. The highest BCUT2D eigenvalue weighted by atomic mass is 35.5. The van der Waals surface area contributed by atoms with Crippen LogP contribution >= 0.6 is 11.6 Å². The third kappa shape index (κ3) is 2.92. The molecule has 1 amide bonds. The van der Waals surface area contributed by atoms with E-state index >= 15 is 0 Å². The molecule has 22 heavy (non-hydrogen) atoms. The quantitative estimate of drug-likeness (QED) is 0.855. The standard InChI is InChI=1S/C17H18ClN3O/c1-13-4-2-6-15(18)16(13)20-8-10-21(11-9-20)17(22)14-5-3-7-19-12-14/h2-7,12H,8-11H2,1H3. The molecule has 0 radical (unpaired) electrons. The summed E-state index contributed by atoms with van der Waals surface area (Å²) in [5.41, 5.74) is 2.89. The van der Waals surface area contributed by atoms with Crippen molar-refractivity contribution in [2.45, 2.75) is 6.92 Å². The number of rotatable bonds is 2. The Bertz CT molecular complexity index is 647. The number of carbonyl (C=O) groups is 1. The summed E-state index contributed by atoms with van der Waals surface area (Å²) in [6.07, 6.45) is 3.29. The van der Waals surface area contributed by atoms with Gasteiger partial charge in [0.25, 0.3) is 5.91 Å². The molecule has 2 heterocycles. The fourth-order valence-corrected chi connectivity index (χ4v) is 3.17. The maximum Gasteiger partial charge on any atom is 0.255 e. The fourth-order valence-electron chi connectivity index (χ4n) is 2.83. The molecule has 0 N–H and O–H groups in total. The summed E-state index contributed by atoms with van der Waals surface area (Å²) in [6, 6.07) is 9.53. The van der Waals surface area contributed by atoms with Crippen molar-refractivity contribution in [3.8, 4) is 0 Å². The van der Waals surface area contributed by atoms with Crippen molar-refractivity contribution in [2.75, 3.05) is 31.1 Å². The molecule has 0 spiro atoms. The molecule has 0 aliphatic carbocycles. The molecule has 1 aliphatic rings. The van der Waals surface area contributed by atoms with Crippen LogP contribution < -0.4 is 4.90 Å². The minimum Gasteiger partial charge on any atom is -0.367 e. The average molecular weight is 316 g/mol. The number of nitrogens with zero attached hydrogens (tertiary/aromatic N) is 3. The largest absolute Gasteiger partial charge is 0.367 e. The number of benzene rings is 1. The van der Waals surface area contributed by atoms with Crippen molar-refractivity contribution >= 4 is 23.2 Å². The smallest absolute Gasteiger partial charge is 0.255 e. The van der Waals surface area contributed by atoms with Crippen LogP contribution in [0.3, 0.4) is 0 Å². The Morgan fingerprint density at radius 3 is 2.55 bits per heavy atom. The molecule has 0 saturated carbocycles. The monoisotopic (exact) mass is 315 g/mol. The van der Waals surface area contributed by atoms with Crippen LogP contribution in [0.5, 0.6) is 0 Å². The first kappa shape index (κ1) is 14.9. The van der Waals surface area contributed by atoms with E-state index in [1.807, 2.05) is 17.0 Å². The topological polar surface area (TPSA) is 36.4 Å². The van der Waals surface area contributed by atoms with Crippen LogP contribution in [-0.2, 0) is 0 Å². The average Bonchev–Trinajstić information content (AvgIpc) is 2.55. The summed E-state index contributed by atoms with van der Waals surface area (Å²) in [5, 5.41) is 0.770. The van der Waals surface area contributed by atoms with Gasteiger partial charge in [-0.05, 0) is 30.7 Å². The Labute approximate surface area is 135 Å². The van der Waals surface area contributed by atoms with Gasteiger partial charge in [-0.25, -0.2) is 0 Å². The van der Waals surface area contributed by atoms with Crippen LogP contribution in [0.2, 0.25) is 5.02 Å². The van der Waals surface area contributed by atoms with Gasteiger partial charge in [-0.3, -0.25) is 9.78 Å². The third-order valence-electron chi connectivity index (χ3n) is 3.98. The molecular weight excluding hydrogens is 298 g/mol. The lowest BCUT2D eigenvalue weighted by Gasteiger charge is -2.37. The van der Waals surface area contributed by atoms with E-state index in [-0.39, 0.29) is 5.91 Å². The molecule has 1 fully saturated rings. The number of hydrogen-bond donors (Lipinski definition) is 0. The Balaban J connectivity index is 1.69. The minimum atomic E-state index is 0.0450. The predicted molar refractivity (Wildman–Crippen MR) is 88.5 cm³/mol. The minimum absolute atomic E-state index is 0.0450. The number of carbonyl (C=O) groups excluding carboxylic acids is 1. The van der Waals surface area contributed by atoms with Crippen LogP contribution in [0.15, 0.2) is 42.7 Å². The van der Waals surface area contributed by atoms with Gasteiger partial charge in [0.1, 0.15) is 0 Å². The van der Waals surface area contributed by atoms with Gasteiger partial charge in [0.15, 0.2) is 0 Å². The Morgan fingerprint density at radius 1 is 1.14 bits per heavy atom. The Morgan fingerprint density at radius 2 is 1.91 bits per heavy atom. The van der Waals surface area contributed by atoms with Gasteiger partial charge in [0, 0.05) is 38.6 Å². The molecule has 0 atom stereocenters. The summed E-state index contributed by atoms with van der Waals surface area (Å²) in [6.45, 7) is 5.03. The zero-order valence-electron chi connectivity index (χ0n) is 12.5. The third-order valence-corrected chi connectivity index (χ3v) is 4.29. The van der Waals surface area contributed by atoms with Crippen molar-refractivity contribution in [1.82, 2.24) is 9.88 Å². The van der Waals surface area contributed by atoms with Crippen LogP contribution in [0.25, 0.3) is 0 Å². The molecule has 1 aromatic heterocycles. The molecule has 1 saturated heterocycles. The van der Waals surface area contributed by atoms with E-state index in [1.54, 1.807) is 24.5 Å². The van der Waals surface area contributed by atoms with Crippen molar-refractivity contribution in [2.24, 2.45) is 0 Å².